The summed E-state index contributed by atoms with van der Waals surface area (Å²) in [6.07, 6.45) is 5.69. The molecule has 0 aromatic heterocycles. The van der Waals surface area contributed by atoms with E-state index >= 15 is 0 Å². The molecule has 114 valence electrons. The molecular formula is C16H20BrFN2O. The van der Waals surface area contributed by atoms with Crippen molar-refractivity contribution in [2.24, 2.45) is 0 Å². The molecule has 3 nitrogen and oxygen atoms in total. The molecule has 3 rings (SSSR count). The standard InChI is InChI=1S/C16H20BrFN2O/c1-20-12-3-2-4-13(20)9-11(8-12)19-16(21)14-7-10(18)5-6-15(14)17/h5-7,11-13H,2-4,8-9H2,1H3,(H,19,21). The van der Waals surface area contributed by atoms with Crippen LogP contribution in [0.1, 0.15) is 42.5 Å². The highest BCUT2D eigenvalue weighted by Crippen LogP contribution is 2.32. The summed E-state index contributed by atoms with van der Waals surface area (Å²) < 4.78 is 14.0. The van der Waals surface area contributed by atoms with Crippen LogP contribution in [0.15, 0.2) is 22.7 Å². The number of carbonyl (C=O) groups is 1. The van der Waals surface area contributed by atoms with E-state index in [0.717, 1.165) is 12.8 Å². The van der Waals surface area contributed by atoms with Crippen LogP contribution in [0.4, 0.5) is 4.39 Å². The number of benzene rings is 1. The lowest BCUT2D eigenvalue weighted by Gasteiger charge is -2.47. The summed E-state index contributed by atoms with van der Waals surface area (Å²) in [6, 6.07) is 5.54. The van der Waals surface area contributed by atoms with Crippen molar-refractivity contribution in [3.63, 3.8) is 0 Å². The smallest absolute Gasteiger partial charge is 0.252 e. The lowest BCUT2D eigenvalue weighted by Crippen LogP contribution is -2.55. The zero-order valence-corrected chi connectivity index (χ0v) is 13.7. The molecular weight excluding hydrogens is 335 g/mol. The first-order valence-corrected chi connectivity index (χ1v) is 8.31. The Bertz CT molecular complexity index is 537. The number of rotatable bonds is 2. The average Bonchev–Trinajstić information content (AvgIpc) is 2.42. The Morgan fingerprint density at radius 1 is 1.33 bits per heavy atom. The zero-order valence-electron chi connectivity index (χ0n) is 12.1. The van der Waals surface area contributed by atoms with Gasteiger partial charge in [0.15, 0.2) is 0 Å². The number of nitrogens with zero attached hydrogens (tertiary/aromatic N) is 1. The van der Waals surface area contributed by atoms with Gasteiger partial charge in [0.25, 0.3) is 5.91 Å². The molecule has 1 amide bonds. The molecule has 2 fully saturated rings. The molecule has 2 atom stereocenters. The second-order valence-electron chi connectivity index (χ2n) is 6.17. The van der Waals surface area contributed by atoms with Crippen molar-refractivity contribution < 1.29 is 9.18 Å². The van der Waals surface area contributed by atoms with Gasteiger partial charge in [-0.15, -0.1) is 0 Å². The Labute approximate surface area is 133 Å². The van der Waals surface area contributed by atoms with E-state index in [-0.39, 0.29) is 17.8 Å². The minimum Gasteiger partial charge on any atom is -0.349 e. The lowest BCUT2D eigenvalue weighted by atomic mass is 9.82. The fraction of sp³-hybridized carbons (Fsp3) is 0.562. The number of nitrogens with one attached hydrogen (secondary N) is 1. The number of hydrogen-bond donors (Lipinski definition) is 1. The maximum absolute atomic E-state index is 13.3. The number of hydrogen-bond acceptors (Lipinski definition) is 2. The van der Waals surface area contributed by atoms with E-state index in [1.807, 2.05) is 0 Å². The Morgan fingerprint density at radius 3 is 2.67 bits per heavy atom. The molecule has 1 aromatic carbocycles. The second-order valence-corrected chi connectivity index (χ2v) is 7.02. The number of fused-ring (bicyclic) bond motifs is 2. The van der Waals surface area contributed by atoms with Gasteiger partial charge in [-0.2, -0.15) is 0 Å². The van der Waals surface area contributed by atoms with Gasteiger partial charge < -0.3 is 10.2 Å². The number of halogens is 2. The summed E-state index contributed by atoms with van der Waals surface area (Å²) >= 11 is 3.32. The van der Waals surface area contributed by atoms with Crippen LogP contribution >= 0.6 is 15.9 Å². The summed E-state index contributed by atoms with van der Waals surface area (Å²) in [5.41, 5.74) is 0.374. The molecule has 2 aliphatic heterocycles. The molecule has 0 saturated carbocycles. The fourth-order valence-corrected chi connectivity index (χ4v) is 4.10. The Balaban J connectivity index is 1.69. The van der Waals surface area contributed by atoms with Crippen LogP contribution in [0.3, 0.4) is 0 Å². The molecule has 1 N–H and O–H groups in total. The van der Waals surface area contributed by atoms with E-state index in [1.54, 1.807) is 6.07 Å². The van der Waals surface area contributed by atoms with E-state index in [4.69, 9.17) is 0 Å². The van der Waals surface area contributed by atoms with Crippen LogP contribution in [0.25, 0.3) is 0 Å². The van der Waals surface area contributed by atoms with Crippen LogP contribution < -0.4 is 5.32 Å². The van der Waals surface area contributed by atoms with Crippen molar-refractivity contribution in [2.45, 2.75) is 50.2 Å². The minimum atomic E-state index is -0.386. The Hall–Kier alpha value is -0.940. The lowest BCUT2D eigenvalue weighted by molar-refractivity contribution is 0.0462. The van der Waals surface area contributed by atoms with Gasteiger partial charge in [-0.1, -0.05) is 6.42 Å². The van der Waals surface area contributed by atoms with Crippen molar-refractivity contribution in [2.75, 3.05) is 7.05 Å². The highest BCUT2D eigenvalue weighted by atomic mass is 79.9. The maximum atomic E-state index is 13.3. The molecule has 2 bridgehead atoms. The molecule has 1 aromatic rings. The van der Waals surface area contributed by atoms with E-state index in [9.17, 15) is 9.18 Å². The summed E-state index contributed by atoms with van der Waals surface area (Å²) in [5.74, 6) is -0.572. The number of amides is 1. The highest BCUT2D eigenvalue weighted by molar-refractivity contribution is 9.10. The second kappa shape index (κ2) is 6.05. The largest absolute Gasteiger partial charge is 0.349 e. The quantitative estimate of drug-likeness (QED) is 0.883. The van der Waals surface area contributed by atoms with Gasteiger partial charge in [0.05, 0.1) is 5.56 Å². The highest BCUT2D eigenvalue weighted by Gasteiger charge is 2.36. The molecule has 0 radical (unpaired) electrons. The maximum Gasteiger partial charge on any atom is 0.252 e. The molecule has 2 heterocycles. The first-order valence-electron chi connectivity index (χ1n) is 7.52. The Morgan fingerprint density at radius 2 is 2.00 bits per heavy atom. The number of carbonyl (C=O) groups excluding carboxylic acids is 1. The first kappa shape index (κ1) is 15.0. The van der Waals surface area contributed by atoms with Crippen molar-refractivity contribution >= 4 is 21.8 Å². The van der Waals surface area contributed by atoms with Gasteiger partial charge in [-0.25, -0.2) is 4.39 Å². The third-order valence-electron chi connectivity index (χ3n) is 4.85. The van der Waals surface area contributed by atoms with Crippen LogP contribution in [0, 0.1) is 5.82 Å². The monoisotopic (exact) mass is 354 g/mol. The van der Waals surface area contributed by atoms with Gasteiger partial charge in [-0.05, 0) is 66.9 Å². The van der Waals surface area contributed by atoms with E-state index in [0.29, 0.717) is 22.1 Å². The third-order valence-corrected chi connectivity index (χ3v) is 5.54. The normalized spacial score (nSPS) is 29.2. The van der Waals surface area contributed by atoms with Gasteiger partial charge in [0.1, 0.15) is 5.82 Å². The van der Waals surface area contributed by atoms with Crippen LogP contribution in [-0.2, 0) is 0 Å². The molecule has 5 heteroatoms. The van der Waals surface area contributed by atoms with Crippen LogP contribution in [-0.4, -0.2) is 36.0 Å². The summed E-state index contributed by atoms with van der Waals surface area (Å²) in [4.78, 5) is 14.8. The SMILES string of the molecule is CN1C2CCCC1CC(NC(=O)c1cc(F)ccc1Br)C2. The average molecular weight is 355 g/mol. The minimum absolute atomic E-state index is 0.186. The van der Waals surface area contributed by atoms with E-state index in [1.165, 1.54) is 31.4 Å². The molecule has 2 saturated heterocycles. The van der Waals surface area contributed by atoms with Crippen molar-refractivity contribution in [1.29, 1.82) is 0 Å². The first-order chi connectivity index (χ1) is 10.0. The van der Waals surface area contributed by atoms with Crippen LogP contribution in [0.5, 0.6) is 0 Å². The molecule has 21 heavy (non-hydrogen) atoms. The van der Waals surface area contributed by atoms with Crippen molar-refractivity contribution in [1.82, 2.24) is 10.2 Å². The Kier molecular flexibility index (Phi) is 4.31. The molecule has 0 spiro atoms. The van der Waals surface area contributed by atoms with E-state index < -0.39 is 0 Å². The van der Waals surface area contributed by atoms with Gasteiger partial charge in [0, 0.05) is 22.6 Å². The summed E-state index contributed by atoms with van der Waals surface area (Å²) in [5, 5.41) is 3.09. The van der Waals surface area contributed by atoms with Gasteiger partial charge in [0.2, 0.25) is 0 Å². The third kappa shape index (κ3) is 3.14. The topological polar surface area (TPSA) is 32.3 Å². The molecule has 2 unspecified atom stereocenters. The molecule has 2 aliphatic rings. The molecule has 0 aliphatic carbocycles. The van der Waals surface area contributed by atoms with Gasteiger partial charge in [-0.3, -0.25) is 4.79 Å². The van der Waals surface area contributed by atoms with Crippen LogP contribution in [0.2, 0.25) is 0 Å². The predicted molar refractivity (Wildman–Crippen MR) is 83.8 cm³/mol. The fourth-order valence-electron chi connectivity index (χ4n) is 3.67. The van der Waals surface area contributed by atoms with Gasteiger partial charge >= 0.3 is 0 Å². The summed E-state index contributed by atoms with van der Waals surface area (Å²) in [6.45, 7) is 0. The van der Waals surface area contributed by atoms with E-state index in [2.05, 4.69) is 33.2 Å². The zero-order chi connectivity index (χ0) is 15.0. The van der Waals surface area contributed by atoms with Crippen molar-refractivity contribution in [3.8, 4) is 0 Å². The number of piperidine rings is 2. The van der Waals surface area contributed by atoms with Crippen molar-refractivity contribution in [3.05, 3.63) is 34.1 Å². The predicted octanol–water partition coefficient (Wildman–Crippen LogP) is 3.33. The summed E-state index contributed by atoms with van der Waals surface area (Å²) in [7, 11) is 2.19.